The molecule has 0 fully saturated rings. The molecule has 0 saturated heterocycles. The van der Waals surface area contributed by atoms with E-state index in [1.165, 1.54) is 22.9 Å². The van der Waals surface area contributed by atoms with Crippen molar-refractivity contribution in [2.45, 2.75) is 6.54 Å². The van der Waals surface area contributed by atoms with E-state index >= 15 is 0 Å². The summed E-state index contributed by atoms with van der Waals surface area (Å²) in [5.74, 6) is -0.213. The van der Waals surface area contributed by atoms with Gasteiger partial charge in [0, 0.05) is 40.8 Å². The van der Waals surface area contributed by atoms with E-state index in [4.69, 9.17) is 4.98 Å². The van der Waals surface area contributed by atoms with Gasteiger partial charge in [0.15, 0.2) is 0 Å². The first-order valence-corrected chi connectivity index (χ1v) is 9.96. The second-order valence-electron chi connectivity index (χ2n) is 7.56. The van der Waals surface area contributed by atoms with Crippen molar-refractivity contribution in [3.63, 3.8) is 0 Å². The molecule has 0 aliphatic heterocycles. The smallest absolute Gasteiger partial charge is 0.138 e. The van der Waals surface area contributed by atoms with Crippen LogP contribution in [0.4, 0.5) is 4.39 Å². The number of rotatable bonds is 3. The summed E-state index contributed by atoms with van der Waals surface area (Å²) in [5.41, 5.74) is 6.33. The van der Waals surface area contributed by atoms with Gasteiger partial charge in [0.05, 0.1) is 11.2 Å². The van der Waals surface area contributed by atoms with Gasteiger partial charge in [-0.2, -0.15) is 0 Å². The van der Waals surface area contributed by atoms with Crippen molar-refractivity contribution in [3.05, 3.63) is 109 Å². The van der Waals surface area contributed by atoms with Crippen LogP contribution >= 0.6 is 0 Å². The Morgan fingerprint density at radius 1 is 0.733 bits per heavy atom. The van der Waals surface area contributed by atoms with E-state index in [9.17, 15) is 4.39 Å². The average Bonchev–Trinajstić information content (AvgIpc) is 3.34. The van der Waals surface area contributed by atoms with Crippen molar-refractivity contribution in [2.75, 3.05) is 0 Å². The second kappa shape index (κ2) is 6.56. The maximum absolute atomic E-state index is 13.4. The number of pyridine rings is 1. The predicted molar refractivity (Wildman–Crippen MR) is 119 cm³/mol. The fraction of sp³-hybridized carbons (Fsp3) is 0.0385. The zero-order valence-corrected chi connectivity index (χ0v) is 16.2. The second-order valence-corrected chi connectivity index (χ2v) is 7.56. The maximum Gasteiger partial charge on any atom is 0.138 e. The molecule has 0 aliphatic carbocycles. The number of imidazole rings is 1. The number of benzene rings is 3. The molecule has 3 nitrogen and oxygen atoms in total. The van der Waals surface area contributed by atoms with Crippen LogP contribution in [0.25, 0.3) is 38.7 Å². The third-order valence-corrected chi connectivity index (χ3v) is 5.67. The van der Waals surface area contributed by atoms with Gasteiger partial charge in [-0.3, -0.25) is 0 Å². The van der Waals surface area contributed by atoms with Crippen molar-refractivity contribution in [1.29, 1.82) is 0 Å². The Balaban J connectivity index is 1.58. The lowest BCUT2D eigenvalue weighted by molar-refractivity contribution is 0.626. The topological polar surface area (TPSA) is 22.2 Å². The largest absolute Gasteiger partial charge is 0.335 e. The van der Waals surface area contributed by atoms with E-state index in [-0.39, 0.29) is 5.82 Å². The number of nitrogens with zero attached hydrogens (tertiary/aromatic N) is 3. The summed E-state index contributed by atoms with van der Waals surface area (Å²) in [4.78, 5) is 4.85. The van der Waals surface area contributed by atoms with Crippen LogP contribution in [0.15, 0.2) is 97.3 Å². The Morgan fingerprint density at radius 3 is 2.33 bits per heavy atom. The Morgan fingerprint density at radius 2 is 1.50 bits per heavy atom. The molecule has 6 rings (SSSR count). The van der Waals surface area contributed by atoms with E-state index in [2.05, 4.69) is 63.8 Å². The van der Waals surface area contributed by atoms with Crippen LogP contribution in [0, 0.1) is 5.82 Å². The average molecular weight is 391 g/mol. The molecule has 4 heteroatoms. The van der Waals surface area contributed by atoms with Crippen molar-refractivity contribution in [2.24, 2.45) is 0 Å². The molecule has 0 amide bonds. The van der Waals surface area contributed by atoms with E-state index in [1.54, 1.807) is 0 Å². The highest BCUT2D eigenvalue weighted by molar-refractivity contribution is 6.09. The Hall–Kier alpha value is -3.92. The van der Waals surface area contributed by atoms with Crippen LogP contribution in [0.2, 0.25) is 0 Å². The summed E-state index contributed by atoms with van der Waals surface area (Å²) in [7, 11) is 0. The van der Waals surface area contributed by atoms with Crippen LogP contribution in [0.3, 0.4) is 0 Å². The van der Waals surface area contributed by atoms with Gasteiger partial charge >= 0.3 is 0 Å². The highest BCUT2D eigenvalue weighted by Crippen LogP contribution is 2.31. The summed E-state index contributed by atoms with van der Waals surface area (Å²) in [6.07, 6.45) is 4.22. The third-order valence-electron chi connectivity index (χ3n) is 5.67. The van der Waals surface area contributed by atoms with Crippen molar-refractivity contribution in [1.82, 2.24) is 14.0 Å². The normalized spacial score (nSPS) is 11.6. The van der Waals surface area contributed by atoms with Gasteiger partial charge in [-0.25, -0.2) is 9.37 Å². The zero-order valence-electron chi connectivity index (χ0n) is 16.2. The van der Waals surface area contributed by atoms with Crippen LogP contribution < -0.4 is 0 Å². The lowest BCUT2D eigenvalue weighted by atomic mass is 10.2. The molecule has 0 saturated carbocycles. The van der Waals surface area contributed by atoms with Gasteiger partial charge < -0.3 is 8.97 Å². The van der Waals surface area contributed by atoms with Gasteiger partial charge in [-0.15, -0.1) is 0 Å². The molecular formula is C26H18FN3. The highest BCUT2D eigenvalue weighted by Gasteiger charge is 2.14. The Bertz CT molecular complexity index is 1510. The monoisotopic (exact) mass is 391 g/mol. The number of aromatic nitrogens is 3. The van der Waals surface area contributed by atoms with Crippen molar-refractivity contribution >= 4 is 27.5 Å². The molecule has 0 unspecified atom stereocenters. The predicted octanol–water partition coefficient (Wildman–Crippen LogP) is 6.30. The zero-order chi connectivity index (χ0) is 20.1. The molecule has 6 aromatic rings. The SMILES string of the molecule is Fc1ccc(Cn2c3ccccc3c3cc4nc(-c5ccccc5)cn4cc32)cc1. The van der Waals surface area contributed by atoms with Crippen LogP contribution in [-0.2, 0) is 6.54 Å². The van der Waals surface area contributed by atoms with Crippen LogP contribution in [-0.4, -0.2) is 14.0 Å². The minimum absolute atomic E-state index is 0.213. The molecule has 30 heavy (non-hydrogen) atoms. The molecule has 3 aromatic heterocycles. The molecule has 0 radical (unpaired) electrons. The van der Waals surface area contributed by atoms with Crippen molar-refractivity contribution in [3.8, 4) is 11.3 Å². The first kappa shape index (κ1) is 17.0. The van der Waals surface area contributed by atoms with Gasteiger partial charge in [0.2, 0.25) is 0 Å². The van der Waals surface area contributed by atoms with Gasteiger partial charge in [0.25, 0.3) is 0 Å². The van der Waals surface area contributed by atoms with E-state index in [0.29, 0.717) is 6.54 Å². The standard InChI is InChI=1S/C26H18FN3/c27-20-12-10-18(11-13-20)15-30-24-9-5-4-8-21(24)22-14-26-28-23(16-29(26)17-25(22)30)19-6-2-1-3-7-19/h1-14,16-17H,15H2. The van der Waals surface area contributed by atoms with Crippen LogP contribution in [0.1, 0.15) is 5.56 Å². The Kier molecular flexibility index (Phi) is 3.71. The minimum atomic E-state index is -0.213. The minimum Gasteiger partial charge on any atom is -0.335 e. The number of para-hydroxylation sites is 1. The summed E-state index contributed by atoms with van der Waals surface area (Å²) in [6.45, 7) is 0.677. The first-order chi connectivity index (χ1) is 14.8. The lowest BCUT2D eigenvalue weighted by Crippen LogP contribution is -2.00. The molecule has 3 heterocycles. The highest BCUT2D eigenvalue weighted by atomic mass is 19.1. The molecule has 0 aliphatic rings. The number of halogens is 1. The fourth-order valence-electron chi connectivity index (χ4n) is 4.21. The van der Waals surface area contributed by atoms with Crippen molar-refractivity contribution < 1.29 is 4.39 Å². The summed E-state index contributed by atoms with van der Waals surface area (Å²) in [5, 5.41) is 2.37. The lowest BCUT2D eigenvalue weighted by Gasteiger charge is -2.08. The summed E-state index contributed by atoms with van der Waals surface area (Å²) >= 11 is 0. The summed E-state index contributed by atoms with van der Waals surface area (Å²) in [6, 6.07) is 27.5. The fourth-order valence-corrected chi connectivity index (χ4v) is 4.21. The molecule has 0 atom stereocenters. The van der Waals surface area contributed by atoms with Crippen LogP contribution in [0.5, 0.6) is 0 Å². The van der Waals surface area contributed by atoms with E-state index in [0.717, 1.165) is 33.5 Å². The quantitative estimate of drug-likeness (QED) is 0.347. The molecule has 0 N–H and O–H groups in total. The number of fused-ring (bicyclic) bond motifs is 4. The van der Waals surface area contributed by atoms with Gasteiger partial charge in [0.1, 0.15) is 11.5 Å². The molecule has 3 aromatic carbocycles. The maximum atomic E-state index is 13.4. The molecular weight excluding hydrogens is 373 g/mol. The molecule has 0 spiro atoms. The Labute approximate surface area is 172 Å². The molecule has 144 valence electrons. The van der Waals surface area contributed by atoms with E-state index < -0.39 is 0 Å². The number of hydrogen-bond donors (Lipinski definition) is 0. The van der Waals surface area contributed by atoms with Gasteiger partial charge in [-0.1, -0.05) is 60.7 Å². The first-order valence-electron chi connectivity index (χ1n) is 9.96. The summed E-state index contributed by atoms with van der Waals surface area (Å²) < 4.78 is 17.8. The third kappa shape index (κ3) is 2.69. The molecule has 0 bridgehead atoms. The number of hydrogen-bond acceptors (Lipinski definition) is 1. The van der Waals surface area contributed by atoms with E-state index in [1.807, 2.05) is 30.3 Å². The van der Waals surface area contributed by atoms with Gasteiger partial charge in [-0.05, 0) is 29.8 Å².